The molecule has 2 saturated heterocycles. The van der Waals surface area contributed by atoms with Crippen molar-refractivity contribution < 1.29 is 52.2 Å². The fourth-order valence-electron chi connectivity index (χ4n) is 6.09. The van der Waals surface area contributed by atoms with Crippen molar-refractivity contribution in [3.63, 3.8) is 0 Å². The smallest absolute Gasteiger partial charge is 0.388 e. The molecule has 17 heteroatoms. The van der Waals surface area contributed by atoms with Gasteiger partial charge in [-0.2, -0.15) is 0 Å². The second-order valence-corrected chi connectivity index (χ2v) is 13.0. The van der Waals surface area contributed by atoms with Crippen molar-refractivity contribution in [1.82, 2.24) is 14.9 Å². The third-order valence-electron chi connectivity index (χ3n) is 8.37. The second-order valence-electron chi connectivity index (χ2n) is 11.6. The Morgan fingerprint density at radius 1 is 1.00 bits per heavy atom. The quantitative estimate of drug-likeness (QED) is 0.169. The molecule has 0 bridgehead atoms. The third kappa shape index (κ3) is 6.61. The molecule has 2 fully saturated rings. The van der Waals surface area contributed by atoms with E-state index in [1.54, 1.807) is 25.1 Å². The SMILES string of the molecule is COC[C@H]1O[C@@H](C)CC1OP(=O)(O)OC[C@H]1O[C@@H](n2ccc(=O)[nH]c2=O)[C@@H](NC(=O)c2ccc3c(c2)C(=O)c2ccccc2C3=O)C1O. The maximum absolute atomic E-state index is 13.5. The Hall–Kier alpha value is -4.12. The van der Waals surface area contributed by atoms with E-state index in [1.807, 2.05) is 0 Å². The summed E-state index contributed by atoms with van der Waals surface area (Å²) >= 11 is 0. The molecule has 6 rings (SSSR count). The van der Waals surface area contributed by atoms with Gasteiger partial charge in [0.2, 0.25) is 0 Å². The van der Waals surface area contributed by atoms with E-state index in [1.165, 1.54) is 31.4 Å². The molecule has 1 amide bonds. The standard InChI is InChI=1S/C31H32N3O13P/c1-15-11-21(22(45-15)13-43-2)47-48(41,42)44-14-23-28(38)25(30(46-23)34-10-9-24(35)32-31(34)40)33-29(39)16-7-8-19-20(12-16)27(37)18-6-4-3-5-17(18)26(19)36/h3-10,12,15,21-23,25,28,30,38H,11,13-14H2,1-2H3,(H,33,39)(H,41,42)(H,32,35,40)/t15-,21?,22+,23+,25-,28?,30+/m0/s1. The fraction of sp³-hybridized carbons (Fsp3) is 0.387. The fourth-order valence-corrected chi connectivity index (χ4v) is 7.05. The van der Waals surface area contributed by atoms with E-state index < -0.39 is 74.1 Å². The molecule has 48 heavy (non-hydrogen) atoms. The summed E-state index contributed by atoms with van der Waals surface area (Å²) in [5.74, 6) is -1.62. The molecular weight excluding hydrogens is 653 g/mol. The van der Waals surface area contributed by atoms with Crippen molar-refractivity contribution in [1.29, 1.82) is 0 Å². The Balaban J connectivity index is 1.22. The number of fused-ring (bicyclic) bond motifs is 2. The molecule has 1 aromatic heterocycles. The number of aromatic nitrogens is 2. The first-order valence-electron chi connectivity index (χ1n) is 15.0. The summed E-state index contributed by atoms with van der Waals surface area (Å²) in [7, 11) is -3.30. The highest BCUT2D eigenvalue weighted by atomic mass is 31.2. The number of aliphatic hydroxyl groups excluding tert-OH is 1. The van der Waals surface area contributed by atoms with Gasteiger partial charge < -0.3 is 29.5 Å². The molecular formula is C31H32N3O13P. The zero-order valence-corrected chi connectivity index (χ0v) is 26.5. The number of carbonyl (C=O) groups is 3. The summed E-state index contributed by atoms with van der Waals surface area (Å²) in [6, 6.07) is 9.92. The Morgan fingerprint density at radius 2 is 1.69 bits per heavy atom. The van der Waals surface area contributed by atoms with Gasteiger partial charge >= 0.3 is 13.5 Å². The van der Waals surface area contributed by atoms with Crippen LogP contribution in [-0.2, 0) is 27.8 Å². The average Bonchev–Trinajstić information content (AvgIpc) is 3.55. The number of amides is 1. The van der Waals surface area contributed by atoms with Crippen LogP contribution in [0.1, 0.15) is 61.8 Å². The van der Waals surface area contributed by atoms with Crippen LogP contribution in [0.4, 0.5) is 0 Å². The Bertz CT molecular complexity index is 1930. The predicted molar refractivity (Wildman–Crippen MR) is 164 cm³/mol. The van der Waals surface area contributed by atoms with Crippen LogP contribution >= 0.6 is 7.82 Å². The van der Waals surface area contributed by atoms with Crippen LogP contribution in [0.25, 0.3) is 0 Å². The van der Waals surface area contributed by atoms with Crippen molar-refractivity contribution in [3.05, 3.63) is 103 Å². The highest BCUT2D eigenvalue weighted by Gasteiger charge is 2.48. The lowest BCUT2D eigenvalue weighted by Gasteiger charge is -2.23. The van der Waals surface area contributed by atoms with Crippen LogP contribution < -0.4 is 16.6 Å². The molecule has 3 aliphatic rings. The van der Waals surface area contributed by atoms with Crippen molar-refractivity contribution >= 4 is 25.3 Å². The summed E-state index contributed by atoms with van der Waals surface area (Å²) in [4.78, 5) is 76.7. The molecule has 3 aromatic rings. The third-order valence-corrected chi connectivity index (χ3v) is 9.38. The van der Waals surface area contributed by atoms with Crippen LogP contribution in [0, 0.1) is 0 Å². The summed E-state index contributed by atoms with van der Waals surface area (Å²) in [5.41, 5.74) is -1.09. The molecule has 0 saturated carbocycles. The summed E-state index contributed by atoms with van der Waals surface area (Å²) in [5, 5.41) is 13.9. The number of methoxy groups -OCH3 is 1. The van der Waals surface area contributed by atoms with Gasteiger partial charge in [-0.05, 0) is 25.1 Å². The number of carbonyl (C=O) groups excluding carboxylic acids is 3. The molecule has 3 heterocycles. The maximum atomic E-state index is 13.5. The molecule has 16 nitrogen and oxygen atoms in total. The number of phosphoric acid groups is 1. The lowest BCUT2D eigenvalue weighted by Crippen LogP contribution is -2.48. The van der Waals surface area contributed by atoms with E-state index >= 15 is 0 Å². The number of benzene rings is 2. The Morgan fingerprint density at radius 3 is 2.38 bits per heavy atom. The van der Waals surface area contributed by atoms with Crippen molar-refractivity contribution in [3.8, 4) is 0 Å². The Kier molecular flexibility index (Phi) is 9.44. The number of H-pyrrole nitrogens is 1. The molecule has 2 aliphatic heterocycles. The summed E-state index contributed by atoms with van der Waals surface area (Å²) in [6.07, 6.45) is -4.74. The number of aliphatic hydroxyl groups is 1. The number of hydrogen-bond donors (Lipinski definition) is 4. The topological polar surface area (TPSA) is 222 Å². The number of nitrogens with one attached hydrogen (secondary N) is 2. The molecule has 8 atom stereocenters. The molecule has 2 aromatic carbocycles. The molecule has 0 spiro atoms. The number of rotatable bonds is 10. The number of ether oxygens (including phenoxy) is 3. The number of hydrogen-bond acceptors (Lipinski definition) is 12. The van der Waals surface area contributed by atoms with Crippen molar-refractivity contribution in [2.45, 2.75) is 56.1 Å². The van der Waals surface area contributed by atoms with Gasteiger partial charge in [-0.1, -0.05) is 24.3 Å². The van der Waals surface area contributed by atoms with Crippen LogP contribution in [0.5, 0.6) is 0 Å². The van der Waals surface area contributed by atoms with Crippen LogP contribution in [0.2, 0.25) is 0 Å². The minimum absolute atomic E-state index is 0.0164. The number of nitrogens with zero attached hydrogens (tertiary/aromatic N) is 1. The first-order valence-corrected chi connectivity index (χ1v) is 16.4. The molecule has 254 valence electrons. The highest BCUT2D eigenvalue weighted by molar-refractivity contribution is 7.47. The van der Waals surface area contributed by atoms with E-state index in [9.17, 15) is 38.5 Å². The lowest BCUT2D eigenvalue weighted by molar-refractivity contribution is -0.0546. The number of ketones is 2. The van der Waals surface area contributed by atoms with Gasteiger partial charge in [0, 0.05) is 53.6 Å². The minimum Gasteiger partial charge on any atom is -0.388 e. The van der Waals surface area contributed by atoms with E-state index in [-0.39, 0.29) is 46.3 Å². The Labute approximate surface area is 272 Å². The van der Waals surface area contributed by atoms with Crippen LogP contribution in [0.15, 0.2) is 64.3 Å². The first-order chi connectivity index (χ1) is 22.9. The van der Waals surface area contributed by atoms with Crippen LogP contribution in [-0.4, -0.2) is 93.9 Å². The van der Waals surface area contributed by atoms with E-state index in [0.29, 0.717) is 6.42 Å². The monoisotopic (exact) mass is 685 g/mol. The molecule has 4 N–H and O–H groups in total. The van der Waals surface area contributed by atoms with E-state index in [4.69, 9.17) is 23.3 Å². The largest absolute Gasteiger partial charge is 0.472 e. The number of phosphoric ester groups is 1. The van der Waals surface area contributed by atoms with Gasteiger partial charge in [0.25, 0.3) is 11.5 Å². The van der Waals surface area contributed by atoms with Gasteiger partial charge in [0.05, 0.1) is 19.3 Å². The van der Waals surface area contributed by atoms with Gasteiger partial charge in [-0.15, -0.1) is 0 Å². The van der Waals surface area contributed by atoms with Gasteiger partial charge in [-0.25, -0.2) is 9.36 Å². The molecule has 1 aliphatic carbocycles. The highest BCUT2D eigenvalue weighted by Crippen LogP contribution is 2.48. The van der Waals surface area contributed by atoms with Gasteiger partial charge in [0.15, 0.2) is 17.8 Å². The maximum Gasteiger partial charge on any atom is 0.472 e. The van der Waals surface area contributed by atoms with Crippen LogP contribution in [0.3, 0.4) is 0 Å². The summed E-state index contributed by atoms with van der Waals surface area (Å²) in [6.45, 7) is 1.17. The normalized spacial score (nSPS) is 27.7. The number of aromatic amines is 1. The van der Waals surface area contributed by atoms with Crippen molar-refractivity contribution in [2.75, 3.05) is 20.3 Å². The molecule has 0 radical (unpaired) electrons. The van der Waals surface area contributed by atoms with Gasteiger partial charge in [0.1, 0.15) is 30.5 Å². The van der Waals surface area contributed by atoms with Gasteiger partial charge in [-0.3, -0.25) is 37.8 Å². The second kappa shape index (κ2) is 13.4. The summed E-state index contributed by atoms with van der Waals surface area (Å²) < 4.78 is 40.9. The van der Waals surface area contributed by atoms with E-state index in [2.05, 4.69) is 10.3 Å². The molecule has 3 unspecified atom stereocenters. The zero-order chi connectivity index (χ0) is 34.3. The zero-order valence-electron chi connectivity index (χ0n) is 25.6. The first kappa shape index (κ1) is 33.8. The van der Waals surface area contributed by atoms with Crippen molar-refractivity contribution in [2.24, 2.45) is 0 Å². The lowest BCUT2D eigenvalue weighted by atomic mass is 9.83. The predicted octanol–water partition coefficient (Wildman–Crippen LogP) is 0.695. The minimum atomic E-state index is -4.75. The average molecular weight is 686 g/mol. The van der Waals surface area contributed by atoms with E-state index in [0.717, 1.165) is 16.8 Å².